The molecule has 2 rings (SSSR count). The molecular formula is C10H17N3S. The first-order chi connectivity index (χ1) is 6.74. The Kier molecular flexibility index (Phi) is 2.83. The maximum Gasteiger partial charge on any atom is 0.0806 e. The van der Waals surface area contributed by atoms with Gasteiger partial charge in [0.25, 0.3) is 0 Å². The van der Waals surface area contributed by atoms with Gasteiger partial charge in [0.2, 0.25) is 0 Å². The molecule has 1 aromatic rings. The van der Waals surface area contributed by atoms with Crippen LogP contribution in [0.3, 0.4) is 0 Å². The molecule has 1 N–H and O–H groups in total. The number of nitrogens with one attached hydrogen (secondary N) is 1. The van der Waals surface area contributed by atoms with Crippen LogP contribution in [0.5, 0.6) is 0 Å². The minimum absolute atomic E-state index is 0.480. The smallest absolute Gasteiger partial charge is 0.0806 e. The fourth-order valence-corrected chi connectivity index (χ4v) is 3.00. The molecule has 1 aromatic heterocycles. The van der Waals surface area contributed by atoms with Gasteiger partial charge < -0.3 is 5.32 Å². The quantitative estimate of drug-likeness (QED) is 0.828. The Morgan fingerprint density at radius 3 is 2.93 bits per heavy atom. The summed E-state index contributed by atoms with van der Waals surface area (Å²) in [4.78, 5) is 0. The molecule has 0 unspecified atom stereocenters. The van der Waals surface area contributed by atoms with E-state index in [-0.39, 0.29) is 0 Å². The van der Waals surface area contributed by atoms with Crippen LogP contribution in [-0.4, -0.2) is 16.8 Å². The Bertz CT molecular complexity index is 330. The standard InChI is InChI=1S/C10H17N3S/c1-7(2)13-10-6-14-5-8(10)9(12-13)4-11-3/h7,11H,4-6H2,1-3H3. The Labute approximate surface area is 89.3 Å². The van der Waals surface area contributed by atoms with Gasteiger partial charge in [-0.3, -0.25) is 4.68 Å². The zero-order chi connectivity index (χ0) is 10.1. The van der Waals surface area contributed by atoms with Crippen molar-refractivity contribution >= 4 is 11.8 Å². The molecular weight excluding hydrogens is 194 g/mol. The van der Waals surface area contributed by atoms with E-state index >= 15 is 0 Å². The Hall–Kier alpha value is -0.480. The molecule has 0 fully saturated rings. The van der Waals surface area contributed by atoms with E-state index in [4.69, 9.17) is 0 Å². The van der Waals surface area contributed by atoms with Crippen molar-refractivity contribution in [1.82, 2.24) is 15.1 Å². The molecule has 78 valence electrons. The van der Waals surface area contributed by atoms with Crippen LogP contribution in [0.1, 0.15) is 36.8 Å². The lowest BCUT2D eigenvalue weighted by molar-refractivity contribution is 0.510. The van der Waals surface area contributed by atoms with E-state index in [9.17, 15) is 0 Å². The third-order valence-electron chi connectivity index (χ3n) is 2.52. The topological polar surface area (TPSA) is 29.9 Å². The number of thioether (sulfide) groups is 1. The number of aromatic nitrogens is 2. The zero-order valence-corrected chi connectivity index (χ0v) is 9.82. The van der Waals surface area contributed by atoms with Gasteiger partial charge in [0.1, 0.15) is 0 Å². The molecule has 0 spiro atoms. The summed E-state index contributed by atoms with van der Waals surface area (Å²) in [5.41, 5.74) is 4.15. The number of rotatable bonds is 3. The van der Waals surface area contributed by atoms with Gasteiger partial charge in [-0.1, -0.05) is 0 Å². The maximum atomic E-state index is 4.66. The highest BCUT2D eigenvalue weighted by atomic mass is 32.2. The van der Waals surface area contributed by atoms with Crippen molar-refractivity contribution in [2.45, 2.75) is 37.9 Å². The summed E-state index contributed by atoms with van der Waals surface area (Å²) < 4.78 is 2.18. The second kappa shape index (κ2) is 3.95. The van der Waals surface area contributed by atoms with Crippen molar-refractivity contribution in [3.63, 3.8) is 0 Å². The van der Waals surface area contributed by atoms with Crippen molar-refractivity contribution in [1.29, 1.82) is 0 Å². The molecule has 2 heterocycles. The fraction of sp³-hybridized carbons (Fsp3) is 0.700. The van der Waals surface area contributed by atoms with Gasteiger partial charge >= 0.3 is 0 Å². The molecule has 4 heteroatoms. The highest BCUT2D eigenvalue weighted by Gasteiger charge is 2.23. The molecule has 1 aliphatic rings. The normalized spacial score (nSPS) is 15.1. The molecule has 0 saturated carbocycles. The minimum atomic E-state index is 0.480. The average molecular weight is 211 g/mol. The van der Waals surface area contributed by atoms with Crippen molar-refractivity contribution in [2.75, 3.05) is 7.05 Å². The van der Waals surface area contributed by atoms with Crippen molar-refractivity contribution in [3.05, 3.63) is 17.0 Å². The van der Waals surface area contributed by atoms with Crippen LogP contribution >= 0.6 is 11.8 Å². The summed E-state index contributed by atoms with van der Waals surface area (Å²) in [5.74, 6) is 2.27. The fourth-order valence-electron chi connectivity index (χ4n) is 1.86. The maximum absolute atomic E-state index is 4.66. The molecule has 0 radical (unpaired) electrons. The monoisotopic (exact) mass is 211 g/mol. The lowest BCUT2D eigenvalue weighted by Crippen LogP contribution is -2.09. The van der Waals surface area contributed by atoms with E-state index in [1.807, 2.05) is 18.8 Å². The van der Waals surface area contributed by atoms with Crippen LogP contribution in [0.25, 0.3) is 0 Å². The first kappa shape index (κ1) is 10.1. The number of hydrogen-bond donors (Lipinski definition) is 1. The minimum Gasteiger partial charge on any atom is -0.314 e. The molecule has 3 nitrogen and oxygen atoms in total. The lowest BCUT2D eigenvalue weighted by atomic mass is 10.2. The SMILES string of the molecule is CNCc1nn(C(C)C)c2c1CSC2. The summed E-state index contributed by atoms with van der Waals surface area (Å²) in [6.45, 7) is 5.28. The van der Waals surface area contributed by atoms with Gasteiger partial charge in [-0.25, -0.2) is 0 Å². The van der Waals surface area contributed by atoms with E-state index in [0.29, 0.717) is 6.04 Å². The molecule has 0 aliphatic carbocycles. The van der Waals surface area contributed by atoms with Crippen LogP contribution in [0.4, 0.5) is 0 Å². The van der Waals surface area contributed by atoms with E-state index in [0.717, 1.165) is 18.1 Å². The van der Waals surface area contributed by atoms with E-state index < -0.39 is 0 Å². The van der Waals surface area contributed by atoms with Crippen LogP contribution in [0.15, 0.2) is 0 Å². The predicted molar refractivity (Wildman–Crippen MR) is 60.4 cm³/mol. The summed E-state index contributed by atoms with van der Waals surface area (Å²) in [5, 5.41) is 7.84. The van der Waals surface area contributed by atoms with Crippen molar-refractivity contribution in [2.24, 2.45) is 0 Å². The van der Waals surface area contributed by atoms with Gasteiger partial charge in [-0.15, -0.1) is 0 Å². The second-order valence-electron chi connectivity index (χ2n) is 3.93. The van der Waals surface area contributed by atoms with E-state index in [1.54, 1.807) is 0 Å². The predicted octanol–water partition coefficient (Wildman–Crippen LogP) is 1.93. The molecule has 14 heavy (non-hydrogen) atoms. The molecule has 0 amide bonds. The van der Waals surface area contributed by atoms with Crippen LogP contribution in [0, 0.1) is 0 Å². The van der Waals surface area contributed by atoms with Crippen LogP contribution in [-0.2, 0) is 18.1 Å². The van der Waals surface area contributed by atoms with Gasteiger partial charge in [0.05, 0.1) is 11.4 Å². The first-order valence-electron chi connectivity index (χ1n) is 5.05. The second-order valence-corrected chi connectivity index (χ2v) is 4.92. The lowest BCUT2D eigenvalue weighted by Gasteiger charge is -2.08. The third kappa shape index (κ3) is 1.57. The first-order valence-corrected chi connectivity index (χ1v) is 6.21. The zero-order valence-electron chi connectivity index (χ0n) is 9.00. The number of nitrogens with zero attached hydrogens (tertiary/aromatic N) is 2. The largest absolute Gasteiger partial charge is 0.314 e. The third-order valence-corrected chi connectivity index (χ3v) is 3.49. The van der Waals surface area contributed by atoms with Gasteiger partial charge in [-0.05, 0) is 20.9 Å². The Morgan fingerprint density at radius 1 is 1.50 bits per heavy atom. The molecule has 0 aromatic carbocycles. The van der Waals surface area contributed by atoms with Crippen molar-refractivity contribution in [3.8, 4) is 0 Å². The molecule has 0 saturated heterocycles. The van der Waals surface area contributed by atoms with Crippen molar-refractivity contribution < 1.29 is 0 Å². The van der Waals surface area contributed by atoms with Gasteiger partial charge in [-0.2, -0.15) is 16.9 Å². The molecule has 0 bridgehead atoms. The van der Waals surface area contributed by atoms with Gasteiger partial charge in [0, 0.05) is 29.7 Å². The molecule has 1 aliphatic heterocycles. The summed E-state index contributed by atoms with van der Waals surface area (Å²) in [6, 6.07) is 0.480. The van der Waals surface area contributed by atoms with Crippen LogP contribution in [0.2, 0.25) is 0 Å². The Morgan fingerprint density at radius 2 is 2.29 bits per heavy atom. The summed E-state index contributed by atoms with van der Waals surface area (Å²) >= 11 is 1.99. The summed E-state index contributed by atoms with van der Waals surface area (Å²) in [7, 11) is 1.98. The van der Waals surface area contributed by atoms with Crippen LogP contribution < -0.4 is 5.32 Å². The van der Waals surface area contributed by atoms with E-state index in [1.165, 1.54) is 17.0 Å². The highest BCUT2D eigenvalue weighted by molar-refractivity contribution is 7.98. The molecule has 0 atom stereocenters. The Balaban J connectivity index is 2.39. The summed E-state index contributed by atoms with van der Waals surface area (Å²) in [6.07, 6.45) is 0. The average Bonchev–Trinajstić information content (AvgIpc) is 2.67. The number of fused-ring (bicyclic) bond motifs is 1. The number of hydrogen-bond acceptors (Lipinski definition) is 3. The highest BCUT2D eigenvalue weighted by Crippen LogP contribution is 2.33. The van der Waals surface area contributed by atoms with Gasteiger partial charge in [0.15, 0.2) is 0 Å². The van der Waals surface area contributed by atoms with E-state index in [2.05, 4.69) is 28.9 Å².